The normalized spacial score (nSPS) is 14.6. The summed E-state index contributed by atoms with van der Waals surface area (Å²) in [7, 11) is 0. The second-order valence-electron chi connectivity index (χ2n) is 2.66. The summed E-state index contributed by atoms with van der Waals surface area (Å²) in [4.78, 5) is 10.6. The maximum Gasteiger partial charge on any atom is 0.310 e. The lowest BCUT2D eigenvalue weighted by atomic mass is 9.97. The lowest BCUT2D eigenvalue weighted by Gasteiger charge is -2.09. The van der Waals surface area contributed by atoms with Crippen LogP contribution >= 0.6 is 0 Å². The van der Waals surface area contributed by atoms with E-state index in [9.17, 15) is 4.79 Å². The van der Waals surface area contributed by atoms with Crippen LogP contribution in [0.3, 0.4) is 0 Å². The van der Waals surface area contributed by atoms with Gasteiger partial charge in [-0.05, 0) is 19.8 Å². The van der Waals surface area contributed by atoms with Crippen molar-refractivity contribution >= 4 is 5.97 Å². The molecule has 0 aromatic heterocycles. The number of aliphatic carboxylic acids is 1. The average Bonchev–Trinajstić information content (AvgIpc) is 1.88. The summed E-state index contributed by atoms with van der Waals surface area (Å²) in [6.07, 6.45) is 3.57. The first-order valence-corrected chi connectivity index (χ1v) is 4.02. The molecule has 64 valence electrons. The minimum Gasteiger partial charge on any atom is -0.481 e. The summed E-state index contributed by atoms with van der Waals surface area (Å²) < 4.78 is 0. The van der Waals surface area contributed by atoms with E-state index in [0.717, 1.165) is 12.0 Å². The first-order valence-electron chi connectivity index (χ1n) is 4.02. The van der Waals surface area contributed by atoms with Crippen LogP contribution in [-0.2, 0) is 4.79 Å². The molecule has 1 atom stereocenters. The molecule has 0 rings (SSSR count). The Hall–Kier alpha value is -0.790. The van der Waals surface area contributed by atoms with E-state index in [1.807, 2.05) is 26.8 Å². The molecular weight excluding hydrogens is 140 g/mol. The fourth-order valence-electron chi connectivity index (χ4n) is 1.16. The van der Waals surface area contributed by atoms with Gasteiger partial charge >= 0.3 is 5.97 Å². The third kappa shape index (κ3) is 3.21. The van der Waals surface area contributed by atoms with Gasteiger partial charge in [-0.25, -0.2) is 0 Å². The number of carboxylic acid groups (broad SMARTS) is 1. The molecule has 2 nitrogen and oxygen atoms in total. The molecule has 0 bridgehead atoms. The smallest absolute Gasteiger partial charge is 0.310 e. The predicted octanol–water partition coefficient (Wildman–Crippen LogP) is 2.45. The molecule has 1 N–H and O–H groups in total. The highest BCUT2D eigenvalue weighted by molar-refractivity contribution is 5.73. The predicted molar refractivity (Wildman–Crippen MR) is 45.5 cm³/mol. The van der Waals surface area contributed by atoms with Crippen LogP contribution in [0, 0.1) is 5.92 Å². The minimum absolute atomic E-state index is 0.282. The van der Waals surface area contributed by atoms with Crippen molar-refractivity contribution < 1.29 is 9.90 Å². The van der Waals surface area contributed by atoms with E-state index < -0.39 is 5.97 Å². The molecule has 0 fully saturated rings. The molecular formula is C9H16O2. The van der Waals surface area contributed by atoms with Crippen molar-refractivity contribution in [2.75, 3.05) is 0 Å². The largest absolute Gasteiger partial charge is 0.481 e. The van der Waals surface area contributed by atoms with E-state index in [0.29, 0.717) is 6.42 Å². The van der Waals surface area contributed by atoms with E-state index in [2.05, 4.69) is 0 Å². The second-order valence-corrected chi connectivity index (χ2v) is 2.66. The Labute approximate surface area is 67.9 Å². The van der Waals surface area contributed by atoms with Gasteiger partial charge in [0, 0.05) is 0 Å². The Morgan fingerprint density at radius 3 is 2.36 bits per heavy atom. The summed E-state index contributed by atoms with van der Waals surface area (Å²) in [5.74, 6) is -0.996. The van der Waals surface area contributed by atoms with Crippen LogP contribution in [0.2, 0.25) is 0 Å². The zero-order chi connectivity index (χ0) is 8.85. The summed E-state index contributed by atoms with van der Waals surface area (Å²) in [6, 6.07) is 0. The quantitative estimate of drug-likeness (QED) is 0.635. The Kier molecular flexibility index (Phi) is 4.59. The van der Waals surface area contributed by atoms with Crippen LogP contribution in [0.15, 0.2) is 11.6 Å². The zero-order valence-electron chi connectivity index (χ0n) is 7.42. The SMILES string of the molecule is CC/C=C(/C)C(CC)C(=O)O. The molecule has 2 heteroatoms. The molecule has 0 saturated heterocycles. The van der Waals surface area contributed by atoms with Crippen molar-refractivity contribution in [3.05, 3.63) is 11.6 Å². The maximum absolute atomic E-state index is 10.6. The molecule has 0 saturated carbocycles. The van der Waals surface area contributed by atoms with Crippen molar-refractivity contribution in [1.29, 1.82) is 0 Å². The molecule has 0 spiro atoms. The van der Waals surface area contributed by atoms with Crippen molar-refractivity contribution in [3.8, 4) is 0 Å². The van der Waals surface area contributed by atoms with Crippen LogP contribution in [0.5, 0.6) is 0 Å². The summed E-state index contributed by atoms with van der Waals surface area (Å²) in [5.41, 5.74) is 0.975. The Morgan fingerprint density at radius 2 is 2.09 bits per heavy atom. The van der Waals surface area contributed by atoms with Gasteiger partial charge in [0.25, 0.3) is 0 Å². The van der Waals surface area contributed by atoms with Gasteiger partial charge in [-0.2, -0.15) is 0 Å². The molecule has 0 aliphatic rings. The van der Waals surface area contributed by atoms with Gasteiger partial charge < -0.3 is 5.11 Å². The van der Waals surface area contributed by atoms with Gasteiger partial charge in [0.05, 0.1) is 5.92 Å². The van der Waals surface area contributed by atoms with E-state index in [1.54, 1.807) is 0 Å². The Morgan fingerprint density at radius 1 is 1.55 bits per heavy atom. The number of hydrogen-bond acceptors (Lipinski definition) is 1. The monoisotopic (exact) mass is 156 g/mol. The summed E-state index contributed by atoms with van der Waals surface area (Å²) in [6.45, 7) is 5.79. The average molecular weight is 156 g/mol. The van der Waals surface area contributed by atoms with Crippen LogP contribution in [-0.4, -0.2) is 11.1 Å². The van der Waals surface area contributed by atoms with Crippen molar-refractivity contribution in [2.45, 2.75) is 33.6 Å². The molecule has 1 unspecified atom stereocenters. The first kappa shape index (κ1) is 10.2. The van der Waals surface area contributed by atoms with Gasteiger partial charge in [-0.15, -0.1) is 0 Å². The maximum atomic E-state index is 10.6. The van der Waals surface area contributed by atoms with E-state index in [-0.39, 0.29) is 5.92 Å². The molecule has 0 heterocycles. The number of hydrogen-bond donors (Lipinski definition) is 1. The Bertz CT molecular complexity index is 159. The first-order chi connectivity index (χ1) is 5.13. The topological polar surface area (TPSA) is 37.3 Å². The number of carbonyl (C=O) groups is 1. The summed E-state index contributed by atoms with van der Waals surface area (Å²) in [5, 5.41) is 8.73. The fourth-order valence-corrected chi connectivity index (χ4v) is 1.16. The highest BCUT2D eigenvalue weighted by atomic mass is 16.4. The number of carboxylic acids is 1. The molecule has 0 aliphatic heterocycles. The van der Waals surface area contributed by atoms with Gasteiger partial charge in [-0.1, -0.05) is 25.5 Å². The van der Waals surface area contributed by atoms with E-state index >= 15 is 0 Å². The van der Waals surface area contributed by atoms with Crippen LogP contribution in [0.25, 0.3) is 0 Å². The highest BCUT2D eigenvalue weighted by Crippen LogP contribution is 2.14. The van der Waals surface area contributed by atoms with Gasteiger partial charge in [-0.3, -0.25) is 4.79 Å². The zero-order valence-corrected chi connectivity index (χ0v) is 7.42. The fraction of sp³-hybridized carbons (Fsp3) is 0.667. The van der Waals surface area contributed by atoms with Gasteiger partial charge in [0.1, 0.15) is 0 Å². The van der Waals surface area contributed by atoms with Crippen molar-refractivity contribution in [2.24, 2.45) is 5.92 Å². The van der Waals surface area contributed by atoms with Crippen molar-refractivity contribution in [3.63, 3.8) is 0 Å². The Balaban J connectivity index is 4.25. The van der Waals surface area contributed by atoms with E-state index in [4.69, 9.17) is 5.11 Å². The molecule has 0 aliphatic carbocycles. The third-order valence-electron chi connectivity index (χ3n) is 1.78. The molecule has 0 radical (unpaired) electrons. The van der Waals surface area contributed by atoms with Gasteiger partial charge in [0.2, 0.25) is 0 Å². The van der Waals surface area contributed by atoms with Gasteiger partial charge in [0.15, 0.2) is 0 Å². The highest BCUT2D eigenvalue weighted by Gasteiger charge is 2.15. The van der Waals surface area contributed by atoms with Crippen LogP contribution in [0.1, 0.15) is 33.6 Å². The lowest BCUT2D eigenvalue weighted by molar-refractivity contribution is -0.140. The molecule has 11 heavy (non-hydrogen) atoms. The van der Waals surface area contributed by atoms with E-state index in [1.165, 1.54) is 0 Å². The molecule has 0 aromatic rings. The third-order valence-corrected chi connectivity index (χ3v) is 1.78. The standard InChI is InChI=1S/C9H16O2/c1-4-6-7(3)8(5-2)9(10)11/h6,8H,4-5H2,1-3H3,(H,10,11)/b7-6-. The number of allylic oxidation sites excluding steroid dienone is 1. The number of rotatable bonds is 4. The van der Waals surface area contributed by atoms with Crippen LogP contribution < -0.4 is 0 Å². The minimum atomic E-state index is -0.713. The molecule has 0 aromatic carbocycles. The van der Waals surface area contributed by atoms with Crippen LogP contribution in [0.4, 0.5) is 0 Å². The lowest BCUT2D eigenvalue weighted by Crippen LogP contribution is -2.13. The molecule has 0 amide bonds. The van der Waals surface area contributed by atoms with Crippen molar-refractivity contribution in [1.82, 2.24) is 0 Å². The summed E-state index contributed by atoms with van der Waals surface area (Å²) >= 11 is 0. The second kappa shape index (κ2) is 4.94.